The molecule has 0 aromatic carbocycles. The maximum absolute atomic E-state index is 6.05. The molecule has 1 aliphatic heterocycles. The van der Waals surface area contributed by atoms with Crippen molar-refractivity contribution >= 4 is 0 Å². The van der Waals surface area contributed by atoms with Crippen LogP contribution in [0.4, 0.5) is 0 Å². The van der Waals surface area contributed by atoms with Gasteiger partial charge in [-0.05, 0) is 39.3 Å². The Morgan fingerprint density at radius 2 is 1.94 bits per heavy atom. The first-order valence-electron chi connectivity index (χ1n) is 6.71. The molecule has 0 saturated carbocycles. The van der Waals surface area contributed by atoms with E-state index in [1.54, 1.807) is 0 Å². The van der Waals surface area contributed by atoms with E-state index in [0.717, 1.165) is 39.3 Å². The molecule has 3 heteroatoms. The van der Waals surface area contributed by atoms with Crippen LogP contribution in [0, 0.1) is 5.92 Å². The first-order valence-corrected chi connectivity index (χ1v) is 6.71. The van der Waals surface area contributed by atoms with Crippen molar-refractivity contribution in [1.29, 1.82) is 0 Å². The topological polar surface area (TPSA) is 38.5 Å². The van der Waals surface area contributed by atoms with Crippen molar-refractivity contribution in [1.82, 2.24) is 4.90 Å². The van der Waals surface area contributed by atoms with Gasteiger partial charge in [0, 0.05) is 24.6 Å². The molecular formula is C13H28N2O. The number of nitrogens with two attached hydrogens (primary N) is 1. The number of hydrogen-bond acceptors (Lipinski definition) is 3. The van der Waals surface area contributed by atoms with Crippen molar-refractivity contribution in [3.05, 3.63) is 0 Å². The number of ether oxygens (including phenoxy) is 1. The molecule has 1 rings (SSSR count). The van der Waals surface area contributed by atoms with E-state index in [9.17, 15) is 0 Å². The Morgan fingerprint density at radius 3 is 2.31 bits per heavy atom. The summed E-state index contributed by atoms with van der Waals surface area (Å²) >= 11 is 0. The summed E-state index contributed by atoms with van der Waals surface area (Å²) < 4.78 is 5.53. The molecule has 96 valence electrons. The molecule has 0 aliphatic carbocycles. The molecule has 0 aromatic heterocycles. The third-order valence-corrected chi connectivity index (χ3v) is 3.93. The minimum Gasteiger partial charge on any atom is -0.381 e. The van der Waals surface area contributed by atoms with Gasteiger partial charge in [0.2, 0.25) is 0 Å². The summed E-state index contributed by atoms with van der Waals surface area (Å²) in [5, 5.41) is 0. The first-order chi connectivity index (χ1) is 7.69. The molecular weight excluding hydrogens is 200 g/mol. The normalized spacial score (nSPS) is 24.9. The van der Waals surface area contributed by atoms with Crippen molar-refractivity contribution in [2.75, 3.05) is 32.8 Å². The van der Waals surface area contributed by atoms with Gasteiger partial charge in [-0.25, -0.2) is 0 Å². The average molecular weight is 228 g/mol. The van der Waals surface area contributed by atoms with Gasteiger partial charge in [-0.15, -0.1) is 0 Å². The number of rotatable bonds is 7. The smallest absolute Gasteiger partial charge is 0.0513 e. The van der Waals surface area contributed by atoms with E-state index in [1.165, 1.54) is 12.8 Å². The SMILES string of the molecule is CCCN(CCC)C(C)(CN)C1CCOC1. The third kappa shape index (κ3) is 2.96. The van der Waals surface area contributed by atoms with E-state index in [2.05, 4.69) is 25.7 Å². The van der Waals surface area contributed by atoms with Crippen molar-refractivity contribution in [3.8, 4) is 0 Å². The van der Waals surface area contributed by atoms with E-state index >= 15 is 0 Å². The van der Waals surface area contributed by atoms with Gasteiger partial charge < -0.3 is 10.5 Å². The Kier molecular flexibility index (Phi) is 5.73. The number of hydrogen-bond donors (Lipinski definition) is 1. The second kappa shape index (κ2) is 6.58. The van der Waals surface area contributed by atoms with E-state index in [4.69, 9.17) is 10.5 Å². The van der Waals surface area contributed by atoms with Crippen LogP contribution in [0.25, 0.3) is 0 Å². The van der Waals surface area contributed by atoms with Crippen LogP contribution in [-0.2, 0) is 4.74 Å². The molecule has 2 atom stereocenters. The standard InChI is InChI=1S/C13H28N2O/c1-4-7-15(8-5-2)13(3,11-14)12-6-9-16-10-12/h12H,4-11,14H2,1-3H3. The monoisotopic (exact) mass is 228 g/mol. The van der Waals surface area contributed by atoms with Crippen molar-refractivity contribution in [3.63, 3.8) is 0 Å². The largest absolute Gasteiger partial charge is 0.381 e. The fourth-order valence-electron chi connectivity index (χ4n) is 2.74. The van der Waals surface area contributed by atoms with Gasteiger partial charge in [-0.1, -0.05) is 13.8 Å². The van der Waals surface area contributed by atoms with Crippen LogP contribution in [0.5, 0.6) is 0 Å². The lowest BCUT2D eigenvalue weighted by molar-refractivity contribution is 0.0449. The minimum atomic E-state index is 0.127. The molecule has 0 aromatic rings. The Morgan fingerprint density at radius 1 is 1.31 bits per heavy atom. The molecule has 0 amide bonds. The maximum Gasteiger partial charge on any atom is 0.0513 e. The summed E-state index contributed by atoms with van der Waals surface area (Å²) in [6.45, 7) is 11.6. The zero-order chi connectivity index (χ0) is 12.0. The quantitative estimate of drug-likeness (QED) is 0.723. The molecule has 0 spiro atoms. The molecule has 1 saturated heterocycles. The van der Waals surface area contributed by atoms with Gasteiger partial charge in [0.05, 0.1) is 6.61 Å². The summed E-state index contributed by atoms with van der Waals surface area (Å²) in [7, 11) is 0. The molecule has 2 unspecified atom stereocenters. The fraction of sp³-hybridized carbons (Fsp3) is 1.00. The van der Waals surface area contributed by atoms with E-state index in [1.807, 2.05) is 0 Å². The summed E-state index contributed by atoms with van der Waals surface area (Å²) in [6.07, 6.45) is 3.56. The Balaban J connectivity index is 2.72. The van der Waals surface area contributed by atoms with Crippen LogP contribution in [-0.4, -0.2) is 43.3 Å². The lowest BCUT2D eigenvalue weighted by Crippen LogP contribution is -2.57. The van der Waals surface area contributed by atoms with Crippen LogP contribution in [0.2, 0.25) is 0 Å². The summed E-state index contributed by atoms with van der Waals surface area (Å²) in [5.41, 5.74) is 6.18. The fourth-order valence-corrected chi connectivity index (χ4v) is 2.74. The Hall–Kier alpha value is -0.120. The van der Waals surface area contributed by atoms with Gasteiger partial charge in [-0.3, -0.25) is 4.90 Å². The van der Waals surface area contributed by atoms with Crippen LogP contribution < -0.4 is 5.73 Å². The predicted octanol–water partition coefficient (Wildman–Crippen LogP) is 1.86. The molecule has 3 nitrogen and oxygen atoms in total. The molecule has 2 N–H and O–H groups in total. The van der Waals surface area contributed by atoms with Gasteiger partial charge in [-0.2, -0.15) is 0 Å². The summed E-state index contributed by atoms with van der Waals surface area (Å²) in [6, 6.07) is 0. The predicted molar refractivity (Wildman–Crippen MR) is 68.5 cm³/mol. The number of nitrogens with zero attached hydrogens (tertiary/aromatic N) is 1. The van der Waals surface area contributed by atoms with Crippen LogP contribution in [0.1, 0.15) is 40.0 Å². The average Bonchev–Trinajstić information content (AvgIpc) is 2.81. The van der Waals surface area contributed by atoms with Crippen LogP contribution >= 0.6 is 0 Å². The summed E-state index contributed by atoms with van der Waals surface area (Å²) in [5.74, 6) is 0.607. The van der Waals surface area contributed by atoms with Crippen LogP contribution in [0.15, 0.2) is 0 Å². The lowest BCUT2D eigenvalue weighted by Gasteiger charge is -2.44. The maximum atomic E-state index is 6.05. The second-order valence-corrected chi connectivity index (χ2v) is 5.11. The van der Waals surface area contributed by atoms with Gasteiger partial charge in [0.1, 0.15) is 0 Å². The van der Waals surface area contributed by atoms with Crippen molar-refractivity contribution in [2.45, 2.75) is 45.6 Å². The third-order valence-electron chi connectivity index (χ3n) is 3.93. The first kappa shape index (κ1) is 13.9. The molecule has 16 heavy (non-hydrogen) atoms. The zero-order valence-electron chi connectivity index (χ0n) is 11.2. The van der Waals surface area contributed by atoms with Crippen LogP contribution in [0.3, 0.4) is 0 Å². The highest BCUT2D eigenvalue weighted by molar-refractivity contribution is 4.95. The molecule has 1 fully saturated rings. The van der Waals surface area contributed by atoms with Crippen molar-refractivity contribution < 1.29 is 4.74 Å². The highest BCUT2D eigenvalue weighted by Crippen LogP contribution is 2.31. The molecule has 1 aliphatic rings. The van der Waals surface area contributed by atoms with Gasteiger partial charge in [0.25, 0.3) is 0 Å². The highest BCUT2D eigenvalue weighted by Gasteiger charge is 2.39. The zero-order valence-corrected chi connectivity index (χ0v) is 11.2. The van der Waals surface area contributed by atoms with E-state index in [-0.39, 0.29) is 5.54 Å². The summed E-state index contributed by atoms with van der Waals surface area (Å²) in [4.78, 5) is 2.58. The molecule has 1 heterocycles. The Bertz CT molecular complexity index is 186. The van der Waals surface area contributed by atoms with Crippen molar-refractivity contribution in [2.24, 2.45) is 11.7 Å². The minimum absolute atomic E-state index is 0.127. The highest BCUT2D eigenvalue weighted by atomic mass is 16.5. The van der Waals surface area contributed by atoms with Gasteiger partial charge >= 0.3 is 0 Å². The van der Waals surface area contributed by atoms with E-state index in [0.29, 0.717) is 5.92 Å². The second-order valence-electron chi connectivity index (χ2n) is 5.11. The lowest BCUT2D eigenvalue weighted by atomic mass is 9.83. The van der Waals surface area contributed by atoms with E-state index < -0.39 is 0 Å². The van der Waals surface area contributed by atoms with Gasteiger partial charge in [0.15, 0.2) is 0 Å². The Labute approximate surface area is 100 Å². The molecule has 0 radical (unpaired) electrons. The molecule has 0 bridgehead atoms.